The molecule has 1 heterocycles. The number of aromatic nitrogens is 1. The molecule has 0 aliphatic carbocycles. The molecule has 2 rings (SSSR count). The van der Waals surface area contributed by atoms with Gasteiger partial charge in [0.2, 0.25) is 10.0 Å². The lowest BCUT2D eigenvalue weighted by molar-refractivity contribution is 0.102. The zero-order valence-electron chi connectivity index (χ0n) is 16.0. The molecule has 2 aromatic rings. The SMILES string of the molecule is Cc1cc(C(=O)CSc2ccc(S(=O)(=O)N(C)C)cn2)c(C)c(C)c1C. The molecule has 5 nitrogen and oxygen atoms in total. The van der Waals surface area contributed by atoms with E-state index in [1.807, 2.05) is 26.8 Å². The fraction of sp³-hybridized carbons (Fsp3) is 0.368. The summed E-state index contributed by atoms with van der Waals surface area (Å²) in [5.74, 6) is 0.306. The lowest BCUT2D eigenvalue weighted by atomic mass is 9.93. The second-order valence-electron chi connectivity index (χ2n) is 6.45. The number of aryl methyl sites for hydroxylation is 1. The van der Waals surface area contributed by atoms with Gasteiger partial charge in [-0.15, -0.1) is 0 Å². The fourth-order valence-electron chi connectivity index (χ4n) is 2.53. The van der Waals surface area contributed by atoms with Gasteiger partial charge >= 0.3 is 0 Å². The van der Waals surface area contributed by atoms with Gasteiger partial charge in [-0.3, -0.25) is 4.79 Å². The van der Waals surface area contributed by atoms with Crippen molar-refractivity contribution in [1.82, 2.24) is 9.29 Å². The van der Waals surface area contributed by atoms with Gasteiger partial charge < -0.3 is 0 Å². The first-order chi connectivity index (χ1) is 12.1. The average molecular weight is 393 g/mol. The summed E-state index contributed by atoms with van der Waals surface area (Å²) in [7, 11) is -0.539. The van der Waals surface area contributed by atoms with Gasteiger partial charge in [0.05, 0.1) is 10.8 Å². The molecule has 0 atom stereocenters. The third-order valence-electron chi connectivity index (χ3n) is 4.62. The predicted molar refractivity (Wildman–Crippen MR) is 106 cm³/mol. The Morgan fingerprint density at radius 2 is 1.73 bits per heavy atom. The molecule has 0 aliphatic heterocycles. The second-order valence-corrected chi connectivity index (χ2v) is 9.59. The van der Waals surface area contributed by atoms with E-state index < -0.39 is 10.0 Å². The minimum atomic E-state index is -3.49. The van der Waals surface area contributed by atoms with Crippen molar-refractivity contribution in [2.75, 3.05) is 19.8 Å². The van der Waals surface area contributed by atoms with E-state index in [4.69, 9.17) is 0 Å². The van der Waals surface area contributed by atoms with Crippen LogP contribution in [-0.4, -0.2) is 43.3 Å². The lowest BCUT2D eigenvalue weighted by Gasteiger charge is -2.13. The van der Waals surface area contributed by atoms with E-state index in [1.54, 1.807) is 6.07 Å². The fourth-order valence-corrected chi connectivity index (χ4v) is 4.11. The summed E-state index contributed by atoms with van der Waals surface area (Å²) in [6.45, 7) is 8.08. The van der Waals surface area contributed by atoms with Crippen molar-refractivity contribution in [2.45, 2.75) is 37.6 Å². The largest absolute Gasteiger partial charge is 0.293 e. The Bertz CT molecular complexity index is 934. The molecule has 140 valence electrons. The smallest absolute Gasteiger partial charge is 0.244 e. The number of nitrogens with zero attached hydrogens (tertiary/aromatic N) is 2. The van der Waals surface area contributed by atoms with Gasteiger partial charge in [-0.05, 0) is 68.1 Å². The van der Waals surface area contributed by atoms with Crippen LogP contribution < -0.4 is 0 Å². The Morgan fingerprint density at radius 1 is 1.08 bits per heavy atom. The van der Waals surface area contributed by atoms with Gasteiger partial charge in [-0.1, -0.05) is 11.8 Å². The van der Waals surface area contributed by atoms with Crippen molar-refractivity contribution in [3.05, 3.63) is 52.2 Å². The number of thioether (sulfide) groups is 1. The van der Waals surface area contributed by atoms with Crippen LogP contribution in [0, 0.1) is 27.7 Å². The maximum atomic E-state index is 12.6. The number of hydrogen-bond acceptors (Lipinski definition) is 5. The van der Waals surface area contributed by atoms with Crippen molar-refractivity contribution in [3.63, 3.8) is 0 Å². The van der Waals surface area contributed by atoms with Crippen LogP contribution in [0.5, 0.6) is 0 Å². The Balaban J connectivity index is 2.14. The number of pyridine rings is 1. The maximum Gasteiger partial charge on any atom is 0.244 e. The molecule has 0 spiro atoms. The molecule has 0 amide bonds. The summed E-state index contributed by atoms with van der Waals surface area (Å²) in [6.07, 6.45) is 1.33. The van der Waals surface area contributed by atoms with Crippen LogP contribution in [0.15, 0.2) is 34.3 Å². The van der Waals surface area contributed by atoms with Crippen molar-refractivity contribution in [3.8, 4) is 0 Å². The van der Waals surface area contributed by atoms with Gasteiger partial charge in [-0.25, -0.2) is 17.7 Å². The Labute approximate surface area is 159 Å². The van der Waals surface area contributed by atoms with Crippen molar-refractivity contribution in [1.29, 1.82) is 0 Å². The molecule has 1 aromatic heterocycles. The number of ketones is 1. The Morgan fingerprint density at radius 3 is 2.27 bits per heavy atom. The quantitative estimate of drug-likeness (QED) is 0.556. The summed E-state index contributed by atoms with van der Waals surface area (Å²) in [4.78, 5) is 16.9. The number of rotatable bonds is 6. The monoisotopic (exact) mass is 392 g/mol. The zero-order chi connectivity index (χ0) is 19.6. The number of Topliss-reactive ketones (excluding diaryl/α,β-unsaturated/α-hetero) is 1. The predicted octanol–water partition coefficient (Wildman–Crippen LogP) is 3.54. The van der Waals surface area contributed by atoms with Crippen molar-refractivity contribution >= 4 is 27.6 Å². The topological polar surface area (TPSA) is 67.3 Å². The highest BCUT2D eigenvalue weighted by atomic mass is 32.2. The lowest BCUT2D eigenvalue weighted by Crippen LogP contribution is -2.22. The van der Waals surface area contributed by atoms with E-state index in [2.05, 4.69) is 11.9 Å². The molecule has 0 saturated heterocycles. The van der Waals surface area contributed by atoms with Crippen LogP contribution >= 0.6 is 11.8 Å². The number of carbonyl (C=O) groups is 1. The third kappa shape index (κ3) is 4.16. The molecule has 26 heavy (non-hydrogen) atoms. The standard InChI is InChI=1S/C19H24N2O3S2/c1-12-9-17(15(4)14(3)13(12)2)18(22)11-25-19-8-7-16(10-20-19)26(23,24)21(5)6/h7-10H,11H2,1-6H3. The molecule has 0 aliphatic rings. The molecule has 1 aromatic carbocycles. The van der Waals surface area contributed by atoms with Gasteiger partial charge in [0.1, 0.15) is 4.90 Å². The van der Waals surface area contributed by atoms with Crippen LogP contribution in [-0.2, 0) is 10.0 Å². The van der Waals surface area contributed by atoms with E-state index in [1.165, 1.54) is 43.7 Å². The van der Waals surface area contributed by atoms with E-state index in [9.17, 15) is 13.2 Å². The molecule has 0 N–H and O–H groups in total. The van der Waals surface area contributed by atoms with Crippen molar-refractivity contribution < 1.29 is 13.2 Å². The van der Waals surface area contributed by atoms with Crippen LogP contribution in [0.25, 0.3) is 0 Å². The molecular formula is C19H24N2O3S2. The minimum absolute atomic E-state index is 0.0467. The van der Waals surface area contributed by atoms with Gasteiger partial charge in [0.15, 0.2) is 5.78 Å². The highest BCUT2D eigenvalue weighted by molar-refractivity contribution is 7.99. The number of sulfonamides is 1. The number of benzene rings is 1. The van der Waals surface area contributed by atoms with Gasteiger partial charge in [0.25, 0.3) is 0 Å². The zero-order valence-corrected chi connectivity index (χ0v) is 17.6. The molecule has 0 unspecified atom stereocenters. The molecule has 0 saturated carbocycles. The van der Waals surface area contributed by atoms with Crippen LogP contribution in [0.2, 0.25) is 0 Å². The summed E-state index contributed by atoms with van der Waals surface area (Å²) in [5.41, 5.74) is 5.22. The minimum Gasteiger partial charge on any atom is -0.293 e. The van der Waals surface area contributed by atoms with E-state index in [0.29, 0.717) is 5.03 Å². The van der Waals surface area contributed by atoms with Crippen molar-refractivity contribution in [2.24, 2.45) is 0 Å². The molecule has 0 fully saturated rings. The first-order valence-corrected chi connectivity index (χ1v) is 10.6. The normalized spacial score (nSPS) is 11.8. The maximum absolute atomic E-state index is 12.6. The van der Waals surface area contributed by atoms with Gasteiger partial charge in [-0.2, -0.15) is 0 Å². The first-order valence-electron chi connectivity index (χ1n) is 8.17. The summed E-state index contributed by atoms with van der Waals surface area (Å²) >= 11 is 1.31. The molecule has 7 heteroatoms. The highest BCUT2D eigenvalue weighted by Crippen LogP contribution is 2.24. The first kappa shape index (κ1) is 20.6. The number of hydrogen-bond donors (Lipinski definition) is 0. The molecule has 0 radical (unpaired) electrons. The third-order valence-corrected chi connectivity index (χ3v) is 7.36. The molecule has 0 bridgehead atoms. The van der Waals surface area contributed by atoms with Crippen LogP contribution in [0.1, 0.15) is 32.6 Å². The van der Waals surface area contributed by atoms with E-state index in [0.717, 1.165) is 26.6 Å². The second kappa shape index (κ2) is 7.90. The summed E-state index contributed by atoms with van der Waals surface area (Å²) in [6, 6.07) is 5.09. The van der Waals surface area contributed by atoms with E-state index >= 15 is 0 Å². The highest BCUT2D eigenvalue weighted by Gasteiger charge is 2.18. The summed E-state index contributed by atoms with van der Waals surface area (Å²) in [5, 5.41) is 0.620. The van der Waals surface area contributed by atoms with Crippen LogP contribution in [0.3, 0.4) is 0 Å². The van der Waals surface area contributed by atoms with E-state index in [-0.39, 0.29) is 16.4 Å². The summed E-state index contributed by atoms with van der Waals surface area (Å²) < 4.78 is 25.2. The van der Waals surface area contributed by atoms with Crippen LogP contribution in [0.4, 0.5) is 0 Å². The Kier molecular flexibility index (Phi) is 6.26. The average Bonchev–Trinajstić information content (AvgIpc) is 2.61. The van der Waals surface area contributed by atoms with Gasteiger partial charge in [0, 0.05) is 25.9 Å². The Hall–Kier alpha value is -1.70. The molecular weight excluding hydrogens is 368 g/mol. The number of carbonyl (C=O) groups excluding carboxylic acids is 1.